The largest absolute Gasteiger partial charge is 0.465 e. The zero-order chi connectivity index (χ0) is 23.0. The molecule has 0 saturated heterocycles. The maximum absolute atomic E-state index is 13.0. The van der Waals surface area contributed by atoms with Gasteiger partial charge in [0.1, 0.15) is 11.4 Å². The summed E-state index contributed by atoms with van der Waals surface area (Å²) in [7, 11) is 1.22. The minimum atomic E-state index is -4.61. The van der Waals surface area contributed by atoms with Gasteiger partial charge < -0.3 is 4.74 Å². The Morgan fingerprint density at radius 2 is 1.78 bits per heavy atom. The summed E-state index contributed by atoms with van der Waals surface area (Å²) >= 11 is 0. The second-order valence-electron chi connectivity index (χ2n) is 6.86. The number of ether oxygens (including phenoxy) is 1. The second-order valence-corrected chi connectivity index (χ2v) is 6.86. The van der Waals surface area contributed by atoms with Gasteiger partial charge in [-0.2, -0.15) is 18.3 Å². The molecule has 162 valence electrons. The van der Waals surface area contributed by atoms with Crippen LogP contribution in [0.1, 0.15) is 33.5 Å². The minimum absolute atomic E-state index is 0.0647. The molecule has 7 nitrogen and oxygen atoms in total. The van der Waals surface area contributed by atoms with Crippen molar-refractivity contribution in [2.75, 3.05) is 7.11 Å². The fourth-order valence-electron chi connectivity index (χ4n) is 3.17. The Hall–Kier alpha value is -4.08. The molecule has 0 saturated carbocycles. The first-order valence-corrected chi connectivity index (χ1v) is 9.32. The number of methoxy groups -OCH3 is 1. The van der Waals surface area contributed by atoms with Gasteiger partial charge in [-0.15, -0.1) is 0 Å². The number of rotatable bonds is 4. The standard InChI is InChI=1S/C22H15F3N4O3/c1-12(30)16-5-3-6-17(26-16)13-9-14(21(31)32-2)15-11-29(28-18(15)10-13)20-8-4-7-19(27-20)22(23,24)25/h3-11H,1-2H3. The number of hydrogen-bond donors (Lipinski definition) is 0. The summed E-state index contributed by atoms with van der Waals surface area (Å²) in [4.78, 5) is 32.0. The summed E-state index contributed by atoms with van der Waals surface area (Å²) < 4.78 is 45.2. The fraction of sp³-hybridized carbons (Fsp3) is 0.136. The number of halogens is 3. The van der Waals surface area contributed by atoms with Crippen LogP contribution in [0.15, 0.2) is 54.7 Å². The van der Waals surface area contributed by atoms with Gasteiger partial charge in [0.2, 0.25) is 0 Å². The molecule has 4 aromatic rings. The van der Waals surface area contributed by atoms with Crippen LogP contribution < -0.4 is 0 Å². The van der Waals surface area contributed by atoms with Crippen molar-refractivity contribution in [1.29, 1.82) is 0 Å². The Kier molecular flexibility index (Phi) is 5.21. The van der Waals surface area contributed by atoms with E-state index in [0.29, 0.717) is 22.2 Å². The fourth-order valence-corrected chi connectivity index (χ4v) is 3.17. The third-order valence-electron chi connectivity index (χ3n) is 4.70. The van der Waals surface area contributed by atoms with Gasteiger partial charge in [0.15, 0.2) is 11.6 Å². The van der Waals surface area contributed by atoms with Crippen LogP contribution in [0, 0.1) is 0 Å². The van der Waals surface area contributed by atoms with E-state index in [1.807, 2.05) is 0 Å². The van der Waals surface area contributed by atoms with E-state index in [-0.39, 0.29) is 22.9 Å². The van der Waals surface area contributed by atoms with Crippen LogP contribution in [-0.2, 0) is 10.9 Å². The number of ketones is 1. The lowest BCUT2D eigenvalue weighted by atomic mass is 10.0. The maximum atomic E-state index is 13.0. The number of hydrogen-bond acceptors (Lipinski definition) is 6. The third-order valence-corrected chi connectivity index (χ3v) is 4.70. The van der Waals surface area contributed by atoms with Crippen molar-refractivity contribution in [3.8, 4) is 17.1 Å². The molecule has 3 aromatic heterocycles. The van der Waals surface area contributed by atoms with Crippen molar-refractivity contribution in [3.63, 3.8) is 0 Å². The molecule has 0 radical (unpaired) electrons. The molecule has 0 unspecified atom stereocenters. The van der Waals surface area contributed by atoms with E-state index >= 15 is 0 Å². The van der Waals surface area contributed by atoms with Crippen molar-refractivity contribution in [2.24, 2.45) is 0 Å². The SMILES string of the molecule is COC(=O)c1cc(-c2cccc(C(C)=O)n2)cc2nn(-c3cccc(C(F)(F)F)n3)cc12. The zero-order valence-corrected chi connectivity index (χ0v) is 16.8. The van der Waals surface area contributed by atoms with Gasteiger partial charge >= 0.3 is 12.1 Å². The van der Waals surface area contributed by atoms with Crippen LogP contribution in [0.5, 0.6) is 0 Å². The molecule has 0 N–H and O–H groups in total. The molecular weight excluding hydrogens is 425 g/mol. The van der Waals surface area contributed by atoms with Crippen molar-refractivity contribution < 1.29 is 27.5 Å². The van der Waals surface area contributed by atoms with Crippen molar-refractivity contribution in [2.45, 2.75) is 13.1 Å². The van der Waals surface area contributed by atoms with Gasteiger partial charge in [0.05, 0.1) is 23.9 Å². The summed E-state index contributed by atoms with van der Waals surface area (Å²) in [6, 6.07) is 11.5. The van der Waals surface area contributed by atoms with Gasteiger partial charge in [-0.05, 0) is 36.4 Å². The zero-order valence-electron chi connectivity index (χ0n) is 16.8. The highest BCUT2D eigenvalue weighted by atomic mass is 19.4. The number of alkyl halides is 3. The molecule has 0 fully saturated rings. The molecule has 0 amide bonds. The number of benzene rings is 1. The molecule has 32 heavy (non-hydrogen) atoms. The molecule has 3 heterocycles. The number of carbonyl (C=O) groups is 2. The van der Waals surface area contributed by atoms with Gasteiger partial charge in [0, 0.05) is 24.1 Å². The van der Waals surface area contributed by atoms with E-state index < -0.39 is 17.8 Å². The van der Waals surface area contributed by atoms with Gasteiger partial charge in [-0.1, -0.05) is 12.1 Å². The molecule has 0 aliphatic heterocycles. The summed E-state index contributed by atoms with van der Waals surface area (Å²) in [5.74, 6) is -0.942. The minimum Gasteiger partial charge on any atom is -0.465 e. The first-order chi connectivity index (χ1) is 15.2. The number of Topliss-reactive ketones (excluding diaryl/α,β-unsaturated/α-hetero) is 1. The molecule has 0 spiro atoms. The molecule has 0 atom stereocenters. The Morgan fingerprint density at radius 3 is 2.47 bits per heavy atom. The summed E-state index contributed by atoms with van der Waals surface area (Å²) in [5.41, 5.74) is 0.569. The lowest BCUT2D eigenvalue weighted by Gasteiger charge is -2.07. The van der Waals surface area contributed by atoms with E-state index in [1.54, 1.807) is 24.3 Å². The van der Waals surface area contributed by atoms with E-state index in [0.717, 1.165) is 10.7 Å². The molecular formula is C22H15F3N4O3. The van der Waals surface area contributed by atoms with E-state index in [4.69, 9.17) is 4.74 Å². The number of aromatic nitrogens is 4. The highest BCUT2D eigenvalue weighted by Gasteiger charge is 2.32. The molecule has 0 aliphatic rings. The van der Waals surface area contributed by atoms with Gasteiger partial charge in [-0.25, -0.2) is 19.4 Å². The second kappa shape index (κ2) is 7.88. The Balaban J connectivity index is 1.90. The Labute approximate surface area is 179 Å². The van der Waals surface area contributed by atoms with Crippen LogP contribution in [-0.4, -0.2) is 38.6 Å². The summed E-state index contributed by atoms with van der Waals surface area (Å²) in [6.45, 7) is 1.39. The highest BCUT2D eigenvalue weighted by Crippen LogP contribution is 2.30. The van der Waals surface area contributed by atoms with Crippen LogP contribution in [0.25, 0.3) is 28.0 Å². The van der Waals surface area contributed by atoms with Crippen LogP contribution >= 0.6 is 0 Å². The maximum Gasteiger partial charge on any atom is 0.433 e. The molecule has 0 bridgehead atoms. The molecule has 10 heteroatoms. The number of carbonyl (C=O) groups excluding carboxylic acids is 2. The van der Waals surface area contributed by atoms with Crippen LogP contribution in [0.3, 0.4) is 0 Å². The van der Waals surface area contributed by atoms with Crippen molar-refractivity contribution >= 4 is 22.7 Å². The predicted molar refractivity (Wildman–Crippen MR) is 108 cm³/mol. The topological polar surface area (TPSA) is 87.0 Å². The lowest BCUT2D eigenvalue weighted by molar-refractivity contribution is -0.141. The number of esters is 1. The first-order valence-electron chi connectivity index (χ1n) is 9.32. The van der Waals surface area contributed by atoms with E-state index in [1.165, 1.54) is 38.4 Å². The van der Waals surface area contributed by atoms with Crippen LogP contribution in [0.4, 0.5) is 13.2 Å². The highest BCUT2D eigenvalue weighted by molar-refractivity contribution is 6.05. The van der Waals surface area contributed by atoms with E-state index in [2.05, 4.69) is 15.1 Å². The first kappa shape index (κ1) is 21.2. The number of nitrogens with zero attached hydrogens (tertiary/aromatic N) is 4. The monoisotopic (exact) mass is 440 g/mol. The van der Waals surface area contributed by atoms with Crippen LogP contribution in [0.2, 0.25) is 0 Å². The summed E-state index contributed by atoms with van der Waals surface area (Å²) in [5, 5.41) is 4.67. The number of fused-ring (bicyclic) bond motifs is 1. The molecule has 4 rings (SSSR count). The van der Waals surface area contributed by atoms with Crippen molar-refractivity contribution in [3.05, 3.63) is 71.7 Å². The van der Waals surface area contributed by atoms with E-state index in [9.17, 15) is 22.8 Å². The smallest absolute Gasteiger partial charge is 0.433 e. The Bertz CT molecular complexity index is 1360. The normalized spacial score (nSPS) is 11.5. The Morgan fingerprint density at radius 1 is 1.03 bits per heavy atom. The number of pyridine rings is 2. The average molecular weight is 440 g/mol. The third kappa shape index (κ3) is 3.94. The van der Waals surface area contributed by atoms with Gasteiger partial charge in [-0.3, -0.25) is 4.79 Å². The molecule has 1 aromatic carbocycles. The lowest BCUT2D eigenvalue weighted by Crippen LogP contribution is -2.10. The average Bonchev–Trinajstić information content (AvgIpc) is 3.22. The summed E-state index contributed by atoms with van der Waals surface area (Å²) in [6.07, 6.45) is -3.20. The van der Waals surface area contributed by atoms with Gasteiger partial charge in [0.25, 0.3) is 0 Å². The van der Waals surface area contributed by atoms with Crippen molar-refractivity contribution in [1.82, 2.24) is 19.7 Å². The molecule has 0 aliphatic carbocycles. The quantitative estimate of drug-likeness (QED) is 0.343. The predicted octanol–water partition coefficient (Wildman–Crippen LogP) is 4.49.